The second-order valence-electron chi connectivity index (χ2n) is 3.77. The average Bonchev–Trinajstić information content (AvgIpc) is 2.60. The van der Waals surface area contributed by atoms with E-state index in [2.05, 4.69) is 21.0 Å². The molecule has 0 aliphatic heterocycles. The largest absolute Gasteiger partial charge is 0.481 e. The Morgan fingerprint density at radius 1 is 1.41 bits per heavy atom. The third-order valence-corrected chi connectivity index (χ3v) is 3.02. The molecule has 0 unspecified atom stereocenters. The highest BCUT2D eigenvalue weighted by molar-refractivity contribution is 9.10. The van der Waals surface area contributed by atoms with Gasteiger partial charge in [0.1, 0.15) is 0 Å². The fourth-order valence-electron chi connectivity index (χ4n) is 1.48. The first-order chi connectivity index (χ1) is 8.06. The van der Waals surface area contributed by atoms with Gasteiger partial charge in [-0.1, -0.05) is 17.7 Å². The predicted octanol–water partition coefficient (Wildman–Crippen LogP) is 2.57. The number of carbonyl (C=O) groups is 1. The van der Waals surface area contributed by atoms with E-state index in [0.717, 1.165) is 5.69 Å². The van der Waals surface area contributed by atoms with Gasteiger partial charge in [-0.15, -0.1) is 0 Å². The molecule has 88 valence electrons. The molecule has 5 heteroatoms. The number of hydrogen-bond acceptors (Lipinski definition) is 2. The number of carboxylic acids is 1. The number of aromatic nitrogens is 2. The van der Waals surface area contributed by atoms with Gasteiger partial charge in [-0.05, 0) is 35.0 Å². The van der Waals surface area contributed by atoms with Gasteiger partial charge >= 0.3 is 5.97 Å². The van der Waals surface area contributed by atoms with Gasteiger partial charge in [0.05, 0.1) is 22.3 Å². The number of rotatable bonds is 3. The van der Waals surface area contributed by atoms with E-state index < -0.39 is 5.97 Å². The van der Waals surface area contributed by atoms with Gasteiger partial charge in [-0.2, -0.15) is 5.10 Å². The SMILES string of the molecule is Cc1ccc(-n2cc(Br)c(CC(=O)O)n2)cc1. The first-order valence-electron chi connectivity index (χ1n) is 5.09. The van der Waals surface area contributed by atoms with Crippen molar-refractivity contribution in [2.24, 2.45) is 0 Å². The average molecular weight is 295 g/mol. The predicted molar refractivity (Wildman–Crippen MR) is 67.3 cm³/mol. The number of carboxylic acid groups (broad SMARTS) is 1. The van der Waals surface area contributed by atoms with E-state index in [-0.39, 0.29) is 6.42 Å². The molecule has 2 rings (SSSR count). The van der Waals surface area contributed by atoms with Gasteiger partial charge in [-0.3, -0.25) is 4.79 Å². The van der Waals surface area contributed by atoms with E-state index >= 15 is 0 Å². The molecule has 0 saturated carbocycles. The van der Waals surface area contributed by atoms with Crippen LogP contribution in [0.4, 0.5) is 0 Å². The Bertz CT molecular complexity index is 546. The van der Waals surface area contributed by atoms with Gasteiger partial charge in [0.25, 0.3) is 0 Å². The smallest absolute Gasteiger partial charge is 0.309 e. The highest BCUT2D eigenvalue weighted by Gasteiger charge is 2.10. The molecule has 0 aliphatic rings. The molecule has 1 aromatic carbocycles. The molecule has 1 aromatic heterocycles. The second kappa shape index (κ2) is 4.71. The standard InChI is InChI=1S/C12H11BrN2O2/c1-8-2-4-9(5-3-8)15-7-10(13)11(14-15)6-12(16)17/h2-5,7H,6H2,1H3,(H,16,17). The summed E-state index contributed by atoms with van der Waals surface area (Å²) in [5, 5.41) is 13.0. The van der Waals surface area contributed by atoms with E-state index in [0.29, 0.717) is 10.2 Å². The maximum absolute atomic E-state index is 10.6. The van der Waals surface area contributed by atoms with E-state index in [4.69, 9.17) is 5.11 Å². The zero-order valence-electron chi connectivity index (χ0n) is 9.22. The molecule has 0 bridgehead atoms. The molecular weight excluding hydrogens is 284 g/mol. The summed E-state index contributed by atoms with van der Waals surface area (Å²) in [5.74, 6) is -0.889. The summed E-state index contributed by atoms with van der Waals surface area (Å²) in [7, 11) is 0. The molecule has 0 saturated heterocycles. The van der Waals surface area contributed by atoms with E-state index in [1.165, 1.54) is 5.56 Å². The van der Waals surface area contributed by atoms with Crippen LogP contribution in [0.25, 0.3) is 5.69 Å². The lowest BCUT2D eigenvalue weighted by atomic mass is 10.2. The van der Waals surface area contributed by atoms with Crippen molar-refractivity contribution in [2.45, 2.75) is 13.3 Å². The van der Waals surface area contributed by atoms with Crippen molar-refractivity contribution in [2.75, 3.05) is 0 Å². The van der Waals surface area contributed by atoms with Crippen molar-refractivity contribution in [3.05, 3.63) is 46.2 Å². The van der Waals surface area contributed by atoms with Gasteiger partial charge < -0.3 is 5.11 Å². The third kappa shape index (κ3) is 2.74. The Balaban J connectivity index is 2.34. The molecule has 0 amide bonds. The first-order valence-corrected chi connectivity index (χ1v) is 5.88. The lowest BCUT2D eigenvalue weighted by Gasteiger charge is -2.00. The number of benzene rings is 1. The molecule has 0 fully saturated rings. The first kappa shape index (κ1) is 11.9. The zero-order valence-corrected chi connectivity index (χ0v) is 10.8. The number of aliphatic carboxylic acids is 1. The summed E-state index contributed by atoms with van der Waals surface area (Å²) in [6.07, 6.45) is 1.68. The summed E-state index contributed by atoms with van der Waals surface area (Å²) in [6, 6.07) is 7.86. The Kier molecular flexibility index (Phi) is 3.28. The molecule has 1 N–H and O–H groups in total. The molecular formula is C12H11BrN2O2. The quantitative estimate of drug-likeness (QED) is 0.947. The fourth-order valence-corrected chi connectivity index (χ4v) is 1.89. The number of nitrogens with zero attached hydrogens (tertiary/aromatic N) is 2. The summed E-state index contributed by atoms with van der Waals surface area (Å²) >= 11 is 3.31. The van der Waals surface area contributed by atoms with Crippen molar-refractivity contribution < 1.29 is 9.90 Å². The van der Waals surface area contributed by atoms with Crippen molar-refractivity contribution in [1.82, 2.24) is 9.78 Å². The minimum Gasteiger partial charge on any atom is -0.481 e. The molecule has 2 aromatic rings. The molecule has 0 spiro atoms. The van der Waals surface area contributed by atoms with Crippen molar-refractivity contribution in [3.8, 4) is 5.69 Å². The van der Waals surface area contributed by atoms with Crippen LogP contribution in [-0.2, 0) is 11.2 Å². The minimum atomic E-state index is -0.889. The molecule has 17 heavy (non-hydrogen) atoms. The van der Waals surface area contributed by atoms with E-state index in [9.17, 15) is 4.79 Å². The number of hydrogen-bond donors (Lipinski definition) is 1. The molecule has 0 aliphatic carbocycles. The van der Waals surface area contributed by atoms with E-state index in [1.54, 1.807) is 10.9 Å². The number of aryl methyl sites for hydroxylation is 1. The van der Waals surface area contributed by atoms with Crippen LogP contribution in [0.2, 0.25) is 0 Å². The molecule has 0 radical (unpaired) electrons. The van der Waals surface area contributed by atoms with Gasteiger partial charge in [-0.25, -0.2) is 4.68 Å². The van der Waals surface area contributed by atoms with Crippen LogP contribution in [0.3, 0.4) is 0 Å². The summed E-state index contributed by atoms with van der Waals surface area (Å²) in [4.78, 5) is 10.6. The Hall–Kier alpha value is -1.62. The minimum absolute atomic E-state index is 0.0839. The Morgan fingerprint density at radius 3 is 2.65 bits per heavy atom. The van der Waals surface area contributed by atoms with E-state index in [1.807, 2.05) is 31.2 Å². The summed E-state index contributed by atoms with van der Waals surface area (Å²) in [6.45, 7) is 2.01. The fraction of sp³-hybridized carbons (Fsp3) is 0.167. The van der Waals surface area contributed by atoms with Crippen molar-refractivity contribution in [3.63, 3.8) is 0 Å². The second-order valence-corrected chi connectivity index (χ2v) is 4.63. The van der Waals surface area contributed by atoms with Gasteiger partial charge in [0, 0.05) is 6.20 Å². The topological polar surface area (TPSA) is 55.1 Å². The summed E-state index contributed by atoms with van der Waals surface area (Å²) in [5.41, 5.74) is 2.61. The summed E-state index contributed by atoms with van der Waals surface area (Å²) < 4.78 is 2.38. The highest BCUT2D eigenvalue weighted by Crippen LogP contribution is 2.18. The highest BCUT2D eigenvalue weighted by atomic mass is 79.9. The van der Waals surface area contributed by atoms with Crippen LogP contribution >= 0.6 is 15.9 Å². The van der Waals surface area contributed by atoms with Crippen molar-refractivity contribution in [1.29, 1.82) is 0 Å². The Morgan fingerprint density at radius 2 is 2.06 bits per heavy atom. The van der Waals surface area contributed by atoms with Crippen LogP contribution in [0.15, 0.2) is 34.9 Å². The van der Waals surface area contributed by atoms with Crippen LogP contribution in [-0.4, -0.2) is 20.9 Å². The van der Waals surface area contributed by atoms with Crippen LogP contribution in [0, 0.1) is 6.92 Å². The maximum atomic E-state index is 10.6. The van der Waals surface area contributed by atoms with Crippen LogP contribution < -0.4 is 0 Å². The monoisotopic (exact) mass is 294 g/mol. The maximum Gasteiger partial charge on any atom is 0.309 e. The van der Waals surface area contributed by atoms with Gasteiger partial charge in [0.15, 0.2) is 0 Å². The normalized spacial score (nSPS) is 10.5. The number of halogens is 1. The molecule has 4 nitrogen and oxygen atoms in total. The third-order valence-electron chi connectivity index (χ3n) is 2.36. The zero-order chi connectivity index (χ0) is 12.4. The van der Waals surface area contributed by atoms with Crippen LogP contribution in [0.1, 0.15) is 11.3 Å². The molecule has 1 heterocycles. The van der Waals surface area contributed by atoms with Crippen molar-refractivity contribution >= 4 is 21.9 Å². The lowest BCUT2D eigenvalue weighted by molar-refractivity contribution is -0.136. The Labute approximate surface area is 107 Å². The van der Waals surface area contributed by atoms with Crippen LogP contribution in [0.5, 0.6) is 0 Å². The molecule has 0 atom stereocenters. The van der Waals surface area contributed by atoms with Gasteiger partial charge in [0.2, 0.25) is 0 Å². The lowest BCUT2D eigenvalue weighted by Crippen LogP contribution is -2.02.